The van der Waals surface area contributed by atoms with Gasteiger partial charge in [0, 0.05) is 12.6 Å². The zero-order valence-corrected chi connectivity index (χ0v) is 14.2. The molecular weight excluding hydrogens is 282 g/mol. The Bertz CT molecular complexity index is 280. The van der Waals surface area contributed by atoms with E-state index in [1.54, 1.807) is 0 Å². The highest BCUT2D eigenvalue weighted by molar-refractivity contribution is 4.96. The number of unbranched alkanes of at least 4 members (excludes halogenated alkanes) is 4. The van der Waals surface area contributed by atoms with Crippen LogP contribution in [0, 0.1) is 0 Å². The van der Waals surface area contributed by atoms with Crippen molar-refractivity contribution in [2.75, 3.05) is 13.2 Å². The van der Waals surface area contributed by atoms with E-state index in [9.17, 15) is 20.4 Å². The van der Waals surface area contributed by atoms with Gasteiger partial charge in [0.15, 0.2) is 0 Å². The first kappa shape index (κ1) is 19.8. The average molecular weight is 317 g/mol. The molecule has 1 heterocycles. The molecule has 0 aromatic rings. The maximum absolute atomic E-state index is 10.2. The van der Waals surface area contributed by atoms with E-state index < -0.39 is 24.4 Å². The number of aliphatic hydroxyl groups excluding tert-OH is 4. The van der Waals surface area contributed by atoms with E-state index in [1.807, 2.05) is 4.90 Å². The number of β-amino-alcohol motifs (C(OH)–C–C–N with tert-alkyl or cyclic N) is 1. The Hall–Kier alpha value is -0.200. The van der Waals surface area contributed by atoms with Crippen molar-refractivity contribution in [3.63, 3.8) is 0 Å². The summed E-state index contributed by atoms with van der Waals surface area (Å²) in [7, 11) is 0. The standard InChI is InChI=1S/C17H35NO4/c1-3-5-7-9-13(10-8-6-4-2)18-11-15(20)17(22)16(21)14(18)12-19/h13-17,19-22H,3-12H2,1-2H3/t14-,15+,16-,17-/m1/s1. The second kappa shape index (κ2) is 10.6. The third kappa shape index (κ3) is 5.46. The summed E-state index contributed by atoms with van der Waals surface area (Å²) in [6, 6.07) is -0.223. The number of rotatable bonds is 10. The molecule has 0 saturated carbocycles. The lowest BCUT2D eigenvalue weighted by atomic mass is 9.90. The maximum Gasteiger partial charge on any atom is 0.109 e. The number of aliphatic hydroxyl groups is 4. The second-order valence-corrected chi connectivity index (χ2v) is 6.64. The van der Waals surface area contributed by atoms with Gasteiger partial charge in [-0.25, -0.2) is 0 Å². The Morgan fingerprint density at radius 3 is 1.91 bits per heavy atom. The van der Waals surface area contributed by atoms with Crippen molar-refractivity contribution in [2.45, 2.75) is 95.6 Å². The van der Waals surface area contributed by atoms with Crippen molar-refractivity contribution >= 4 is 0 Å². The molecule has 4 N–H and O–H groups in total. The predicted molar refractivity (Wildman–Crippen MR) is 87.7 cm³/mol. The first-order valence-corrected chi connectivity index (χ1v) is 8.97. The van der Waals surface area contributed by atoms with Crippen LogP contribution in [-0.2, 0) is 0 Å². The predicted octanol–water partition coefficient (Wildman–Crippen LogP) is 1.27. The molecule has 132 valence electrons. The molecule has 0 amide bonds. The molecule has 5 nitrogen and oxygen atoms in total. The van der Waals surface area contributed by atoms with Crippen LogP contribution in [0.3, 0.4) is 0 Å². The molecule has 0 radical (unpaired) electrons. The van der Waals surface area contributed by atoms with E-state index in [2.05, 4.69) is 13.8 Å². The lowest BCUT2D eigenvalue weighted by Gasteiger charge is -2.47. The summed E-state index contributed by atoms with van der Waals surface area (Å²) in [5.41, 5.74) is 0. The molecule has 1 saturated heterocycles. The minimum atomic E-state index is -1.17. The average Bonchev–Trinajstić information content (AvgIpc) is 2.51. The van der Waals surface area contributed by atoms with Crippen LogP contribution in [0.1, 0.15) is 65.2 Å². The SMILES string of the molecule is CCCCCC(CCCCC)N1C[C@H](O)[C@@H](O)[C@H](O)[C@H]1CO. The summed E-state index contributed by atoms with van der Waals surface area (Å²) in [5, 5.41) is 39.6. The first-order chi connectivity index (χ1) is 10.6. The van der Waals surface area contributed by atoms with Crippen molar-refractivity contribution in [1.82, 2.24) is 4.90 Å². The number of piperidine rings is 1. The molecule has 0 aromatic heterocycles. The van der Waals surface area contributed by atoms with Gasteiger partial charge >= 0.3 is 0 Å². The summed E-state index contributed by atoms with van der Waals surface area (Å²) in [4.78, 5) is 2.04. The second-order valence-electron chi connectivity index (χ2n) is 6.64. The Labute approximate surface area is 135 Å². The summed E-state index contributed by atoms with van der Waals surface area (Å²) in [5.74, 6) is 0. The molecule has 1 rings (SSSR count). The van der Waals surface area contributed by atoms with Gasteiger partial charge in [-0.1, -0.05) is 52.4 Å². The van der Waals surface area contributed by atoms with Gasteiger partial charge in [-0.2, -0.15) is 0 Å². The molecule has 1 aliphatic heterocycles. The third-order valence-corrected chi connectivity index (χ3v) is 4.90. The van der Waals surface area contributed by atoms with Crippen molar-refractivity contribution in [2.24, 2.45) is 0 Å². The van der Waals surface area contributed by atoms with E-state index in [0.717, 1.165) is 38.5 Å². The zero-order chi connectivity index (χ0) is 16.5. The number of hydrogen-bond acceptors (Lipinski definition) is 5. The summed E-state index contributed by atoms with van der Waals surface area (Å²) in [6.45, 7) is 4.48. The molecule has 1 aliphatic rings. The summed E-state index contributed by atoms with van der Waals surface area (Å²) < 4.78 is 0. The van der Waals surface area contributed by atoms with E-state index in [1.165, 1.54) is 12.8 Å². The van der Waals surface area contributed by atoms with E-state index in [4.69, 9.17) is 0 Å². The van der Waals surface area contributed by atoms with Crippen LogP contribution in [0.2, 0.25) is 0 Å². The Kier molecular flexibility index (Phi) is 9.52. The largest absolute Gasteiger partial charge is 0.395 e. The van der Waals surface area contributed by atoms with Gasteiger partial charge in [0.1, 0.15) is 12.2 Å². The lowest BCUT2D eigenvalue weighted by Crippen LogP contribution is -2.64. The van der Waals surface area contributed by atoms with Crippen molar-refractivity contribution in [1.29, 1.82) is 0 Å². The van der Waals surface area contributed by atoms with Gasteiger partial charge in [-0.15, -0.1) is 0 Å². The Morgan fingerprint density at radius 1 is 0.909 bits per heavy atom. The van der Waals surface area contributed by atoms with Crippen LogP contribution in [-0.4, -0.2) is 68.9 Å². The fraction of sp³-hybridized carbons (Fsp3) is 1.00. The van der Waals surface area contributed by atoms with Crippen LogP contribution in [0.5, 0.6) is 0 Å². The van der Waals surface area contributed by atoms with Crippen LogP contribution in [0.15, 0.2) is 0 Å². The number of hydrogen-bond donors (Lipinski definition) is 4. The maximum atomic E-state index is 10.2. The van der Waals surface area contributed by atoms with Gasteiger partial charge in [-0.3, -0.25) is 4.90 Å². The van der Waals surface area contributed by atoms with Gasteiger partial charge in [0.25, 0.3) is 0 Å². The molecular formula is C17H35NO4. The van der Waals surface area contributed by atoms with Crippen LogP contribution >= 0.6 is 0 Å². The van der Waals surface area contributed by atoms with Crippen molar-refractivity contribution in [3.05, 3.63) is 0 Å². The highest BCUT2D eigenvalue weighted by Crippen LogP contribution is 2.26. The zero-order valence-electron chi connectivity index (χ0n) is 14.2. The smallest absolute Gasteiger partial charge is 0.109 e. The van der Waals surface area contributed by atoms with Gasteiger partial charge in [-0.05, 0) is 12.8 Å². The minimum absolute atomic E-state index is 0.191. The first-order valence-electron chi connectivity index (χ1n) is 8.97. The summed E-state index contributed by atoms with van der Waals surface area (Å²) >= 11 is 0. The lowest BCUT2D eigenvalue weighted by molar-refractivity contribution is -0.155. The van der Waals surface area contributed by atoms with Crippen molar-refractivity contribution < 1.29 is 20.4 Å². The molecule has 0 aliphatic carbocycles. The van der Waals surface area contributed by atoms with Gasteiger partial charge < -0.3 is 20.4 Å². The molecule has 22 heavy (non-hydrogen) atoms. The van der Waals surface area contributed by atoms with Crippen LogP contribution in [0.25, 0.3) is 0 Å². The third-order valence-electron chi connectivity index (χ3n) is 4.90. The molecule has 0 bridgehead atoms. The van der Waals surface area contributed by atoms with Gasteiger partial charge in [0.05, 0.1) is 18.8 Å². The van der Waals surface area contributed by atoms with E-state index in [0.29, 0.717) is 6.54 Å². The topological polar surface area (TPSA) is 84.2 Å². The van der Waals surface area contributed by atoms with E-state index in [-0.39, 0.29) is 12.6 Å². The summed E-state index contributed by atoms with van der Waals surface area (Å²) in [6.07, 6.45) is 5.75. The molecule has 0 unspecified atom stereocenters. The molecule has 0 aromatic carbocycles. The van der Waals surface area contributed by atoms with Crippen molar-refractivity contribution in [3.8, 4) is 0 Å². The minimum Gasteiger partial charge on any atom is -0.395 e. The fourth-order valence-corrected chi connectivity index (χ4v) is 3.48. The molecule has 4 atom stereocenters. The number of likely N-dealkylation sites (tertiary alicyclic amines) is 1. The quantitative estimate of drug-likeness (QED) is 0.456. The highest BCUT2D eigenvalue weighted by Gasteiger charge is 2.43. The Morgan fingerprint density at radius 2 is 1.45 bits per heavy atom. The molecule has 1 fully saturated rings. The highest BCUT2D eigenvalue weighted by atomic mass is 16.4. The fourth-order valence-electron chi connectivity index (χ4n) is 3.48. The molecule has 5 heteroatoms. The van der Waals surface area contributed by atoms with Gasteiger partial charge in [0.2, 0.25) is 0 Å². The Balaban J connectivity index is 2.74. The van der Waals surface area contributed by atoms with E-state index >= 15 is 0 Å². The molecule has 0 spiro atoms. The normalized spacial score (nSPS) is 30.1. The van der Waals surface area contributed by atoms with Crippen LogP contribution in [0.4, 0.5) is 0 Å². The van der Waals surface area contributed by atoms with Crippen LogP contribution < -0.4 is 0 Å². The number of nitrogens with zero attached hydrogens (tertiary/aromatic N) is 1. The monoisotopic (exact) mass is 317 g/mol.